The molecule has 0 radical (unpaired) electrons. The van der Waals surface area contributed by atoms with Crippen molar-refractivity contribution in [2.75, 3.05) is 6.61 Å². The molecule has 0 rings (SSSR count). The number of aliphatic hydroxyl groups is 4. The van der Waals surface area contributed by atoms with E-state index < -0.39 is 24.7 Å². The van der Waals surface area contributed by atoms with Crippen LogP contribution < -0.4 is 0 Å². The highest BCUT2D eigenvalue weighted by molar-refractivity contribution is 5.66. The van der Waals surface area contributed by atoms with Gasteiger partial charge in [-0.1, -0.05) is 96.8 Å². The molecular formula is C21H44O8. The van der Waals surface area contributed by atoms with Crippen molar-refractivity contribution in [3.63, 3.8) is 0 Å². The molecule has 0 spiro atoms. The van der Waals surface area contributed by atoms with Crippen LogP contribution in [0, 0.1) is 0 Å². The SMILES string of the molecule is CCCCCCCCCCCCCCCCCC(=O)O.OCC(O)C(O)(O)OO. The van der Waals surface area contributed by atoms with Crippen molar-refractivity contribution in [2.45, 2.75) is 122 Å². The minimum Gasteiger partial charge on any atom is -0.481 e. The maximum Gasteiger partial charge on any atom is 0.335 e. The van der Waals surface area contributed by atoms with Gasteiger partial charge in [-0.05, 0) is 6.42 Å². The van der Waals surface area contributed by atoms with Gasteiger partial charge in [-0.2, -0.15) is 4.89 Å². The summed E-state index contributed by atoms with van der Waals surface area (Å²) in [6.07, 6.45) is 18.3. The fourth-order valence-corrected chi connectivity index (χ4v) is 2.83. The topological polar surface area (TPSA) is 148 Å². The van der Waals surface area contributed by atoms with E-state index in [1.807, 2.05) is 0 Å². The van der Waals surface area contributed by atoms with Crippen LogP contribution in [0.1, 0.15) is 110 Å². The Morgan fingerprint density at radius 3 is 1.38 bits per heavy atom. The third kappa shape index (κ3) is 23.4. The van der Waals surface area contributed by atoms with Gasteiger partial charge in [-0.3, -0.25) is 4.79 Å². The largest absolute Gasteiger partial charge is 0.481 e. The van der Waals surface area contributed by atoms with E-state index in [9.17, 15) is 4.79 Å². The Labute approximate surface area is 175 Å². The third-order valence-electron chi connectivity index (χ3n) is 4.74. The van der Waals surface area contributed by atoms with Crippen molar-refractivity contribution in [3.05, 3.63) is 0 Å². The quantitative estimate of drug-likeness (QED) is 0.0794. The van der Waals surface area contributed by atoms with Crippen LogP contribution >= 0.6 is 0 Å². The molecule has 1 unspecified atom stereocenters. The number of unbranched alkanes of at least 4 members (excludes halogenated alkanes) is 14. The van der Waals surface area contributed by atoms with Crippen molar-refractivity contribution < 1.29 is 40.5 Å². The molecule has 0 fully saturated rings. The lowest BCUT2D eigenvalue weighted by atomic mass is 10.0. The second-order valence-electron chi connectivity index (χ2n) is 7.54. The molecule has 0 aliphatic carbocycles. The average Bonchev–Trinajstić information content (AvgIpc) is 2.70. The molecule has 0 saturated carbocycles. The van der Waals surface area contributed by atoms with Gasteiger partial charge in [0.25, 0.3) is 0 Å². The maximum atomic E-state index is 10.3. The third-order valence-corrected chi connectivity index (χ3v) is 4.74. The summed E-state index contributed by atoms with van der Waals surface area (Å²) in [6.45, 7) is 1.35. The number of aliphatic carboxylic acids is 1. The number of aliphatic hydroxyl groups excluding tert-OH is 2. The van der Waals surface area contributed by atoms with Gasteiger partial charge in [0.05, 0.1) is 6.61 Å². The van der Waals surface area contributed by atoms with E-state index in [1.54, 1.807) is 0 Å². The average molecular weight is 425 g/mol. The zero-order valence-corrected chi connectivity index (χ0v) is 18.1. The van der Waals surface area contributed by atoms with Gasteiger partial charge in [0.15, 0.2) is 6.10 Å². The molecule has 29 heavy (non-hydrogen) atoms. The summed E-state index contributed by atoms with van der Waals surface area (Å²) in [7, 11) is 0. The van der Waals surface area contributed by atoms with E-state index in [1.165, 1.54) is 83.5 Å². The summed E-state index contributed by atoms with van der Waals surface area (Å²) in [5, 5.41) is 49.1. The first kappa shape index (κ1) is 30.4. The van der Waals surface area contributed by atoms with Crippen LogP contribution in [0.15, 0.2) is 0 Å². The standard InChI is InChI=1S/C18H36O2.C3H8O6/c1-2-3-4-5-6-7-8-9-10-11-12-13-14-15-16-17-18(19)20;4-1-2(5)3(6,7)9-8/h2-17H2,1H3,(H,19,20);2,4-8H,1H2. The summed E-state index contributed by atoms with van der Waals surface area (Å²) in [6, 6.07) is 0. The number of carbonyl (C=O) groups is 1. The summed E-state index contributed by atoms with van der Waals surface area (Å²) >= 11 is 0. The first-order valence-electron chi connectivity index (χ1n) is 11.1. The lowest BCUT2D eigenvalue weighted by Crippen LogP contribution is -2.46. The molecule has 0 bridgehead atoms. The van der Waals surface area contributed by atoms with Crippen molar-refractivity contribution in [1.82, 2.24) is 0 Å². The van der Waals surface area contributed by atoms with E-state index in [2.05, 4.69) is 11.8 Å². The highest BCUT2D eigenvalue weighted by Crippen LogP contribution is 2.13. The fourth-order valence-electron chi connectivity index (χ4n) is 2.83. The van der Waals surface area contributed by atoms with Gasteiger partial charge in [0.1, 0.15) is 0 Å². The Hall–Kier alpha value is -0.770. The van der Waals surface area contributed by atoms with E-state index in [4.69, 9.17) is 30.8 Å². The first-order valence-corrected chi connectivity index (χ1v) is 11.1. The molecule has 0 aliphatic rings. The first-order chi connectivity index (χ1) is 13.8. The van der Waals surface area contributed by atoms with Gasteiger partial charge in [0, 0.05) is 6.42 Å². The predicted octanol–water partition coefficient (Wildman–Crippen LogP) is 3.80. The normalized spacial score (nSPS) is 12.3. The van der Waals surface area contributed by atoms with Crippen LogP contribution in [-0.2, 0) is 9.68 Å². The Kier molecular flexibility index (Phi) is 23.0. The molecule has 6 N–H and O–H groups in total. The lowest BCUT2D eigenvalue weighted by Gasteiger charge is -2.20. The van der Waals surface area contributed by atoms with Crippen LogP contribution in [0.2, 0.25) is 0 Å². The van der Waals surface area contributed by atoms with E-state index in [0.29, 0.717) is 6.42 Å². The second kappa shape index (κ2) is 21.9. The minimum atomic E-state index is -3.09. The lowest BCUT2D eigenvalue weighted by molar-refractivity contribution is -0.492. The molecule has 0 saturated heterocycles. The molecule has 1 atom stereocenters. The molecule has 0 aromatic rings. The molecule has 176 valence electrons. The van der Waals surface area contributed by atoms with Crippen LogP contribution in [-0.4, -0.2) is 55.4 Å². The summed E-state index contributed by atoms with van der Waals surface area (Å²) in [5.74, 6) is -3.74. The highest BCUT2D eigenvalue weighted by Gasteiger charge is 2.34. The zero-order chi connectivity index (χ0) is 22.4. The maximum absolute atomic E-state index is 10.3. The molecule has 0 aliphatic heterocycles. The van der Waals surface area contributed by atoms with Crippen LogP contribution in [0.4, 0.5) is 0 Å². The summed E-state index contributed by atoms with van der Waals surface area (Å²) in [4.78, 5) is 13.3. The van der Waals surface area contributed by atoms with Gasteiger partial charge in [0.2, 0.25) is 0 Å². The van der Waals surface area contributed by atoms with Crippen molar-refractivity contribution in [2.24, 2.45) is 0 Å². The van der Waals surface area contributed by atoms with Crippen molar-refractivity contribution in [1.29, 1.82) is 0 Å². The Morgan fingerprint density at radius 2 is 1.14 bits per heavy atom. The molecule has 0 amide bonds. The van der Waals surface area contributed by atoms with E-state index in [-0.39, 0.29) is 0 Å². The minimum absolute atomic E-state index is 0.345. The monoisotopic (exact) mass is 424 g/mol. The second-order valence-corrected chi connectivity index (χ2v) is 7.54. The van der Waals surface area contributed by atoms with Crippen LogP contribution in [0.25, 0.3) is 0 Å². The van der Waals surface area contributed by atoms with Crippen molar-refractivity contribution in [3.8, 4) is 0 Å². The number of rotatable bonds is 19. The van der Waals surface area contributed by atoms with Crippen LogP contribution in [0.3, 0.4) is 0 Å². The molecule has 8 heteroatoms. The fraction of sp³-hybridized carbons (Fsp3) is 0.952. The predicted molar refractivity (Wildman–Crippen MR) is 111 cm³/mol. The van der Waals surface area contributed by atoms with E-state index >= 15 is 0 Å². The highest BCUT2D eigenvalue weighted by atomic mass is 17.2. The number of hydrogen-bond acceptors (Lipinski definition) is 7. The van der Waals surface area contributed by atoms with Gasteiger partial charge < -0.3 is 25.5 Å². The number of hydrogen-bond donors (Lipinski definition) is 6. The van der Waals surface area contributed by atoms with Crippen molar-refractivity contribution >= 4 is 5.97 Å². The molecule has 0 aromatic carbocycles. The number of carboxylic acids is 1. The van der Waals surface area contributed by atoms with E-state index in [0.717, 1.165) is 12.8 Å². The Morgan fingerprint density at radius 1 is 0.793 bits per heavy atom. The summed E-state index contributed by atoms with van der Waals surface area (Å²) < 4.78 is 0. The molecular weight excluding hydrogens is 380 g/mol. The van der Waals surface area contributed by atoms with Gasteiger partial charge in [-0.25, -0.2) is 5.26 Å². The Bertz CT molecular complexity index is 350. The smallest absolute Gasteiger partial charge is 0.335 e. The molecule has 0 heterocycles. The van der Waals surface area contributed by atoms with Gasteiger partial charge >= 0.3 is 11.9 Å². The summed E-state index contributed by atoms with van der Waals surface area (Å²) in [5.41, 5.74) is 0. The Balaban J connectivity index is 0. The van der Waals surface area contributed by atoms with Crippen LogP contribution in [0.5, 0.6) is 0 Å². The van der Waals surface area contributed by atoms with Gasteiger partial charge in [-0.15, -0.1) is 0 Å². The number of carboxylic acid groups (broad SMARTS) is 1. The molecule has 0 aromatic heterocycles. The zero-order valence-electron chi connectivity index (χ0n) is 18.1. The molecule has 8 nitrogen and oxygen atoms in total.